The SMILES string of the molecule is CN1CCN(c2ncccc2CNC(=O)NCC(O)c2ccccc2F)CC1. The van der Waals surface area contributed by atoms with Gasteiger partial charge in [-0.2, -0.15) is 0 Å². The van der Waals surface area contributed by atoms with Crippen LogP contribution in [-0.4, -0.2) is 60.8 Å². The molecule has 1 aliphatic rings. The second-order valence-corrected chi connectivity index (χ2v) is 6.88. The van der Waals surface area contributed by atoms with Gasteiger partial charge in [-0.05, 0) is 19.2 Å². The number of halogens is 1. The molecule has 1 unspecified atom stereocenters. The molecule has 1 saturated heterocycles. The lowest BCUT2D eigenvalue weighted by Crippen LogP contribution is -2.45. The Labute approximate surface area is 164 Å². The molecule has 3 rings (SSSR count). The first-order valence-electron chi connectivity index (χ1n) is 9.36. The standard InChI is InChI=1S/C20H26FN5O2/c1-25-9-11-26(12-10-25)19-15(5-4-8-22-19)13-23-20(28)24-14-18(27)16-6-2-3-7-17(16)21/h2-8,18,27H,9-14H2,1H3,(H2,23,24,28). The number of carbonyl (C=O) groups is 1. The van der Waals surface area contributed by atoms with Crippen LogP contribution in [-0.2, 0) is 6.54 Å². The highest BCUT2D eigenvalue weighted by Gasteiger charge is 2.18. The summed E-state index contributed by atoms with van der Waals surface area (Å²) in [7, 11) is 2.10. The molecule has 28 heavy (non-hydrogen) atoms. The zero-order valence-corrected chi connectivity index (χ0v) is 15.9. The number of anilines is 1. The number of nitrogens with zero attached hydrogens (tertiary/aromatic N) is 3. The van der Waals surface area contributed by atoms with Crippen LogP contribution in [0.25, 0.3) is 0 Å². The van der Waals surface area contributed by atoms with Crippen molar-refractivity contribution in [1.29, 1.82) is 0 Å². The third-order valence-corrected chi connectivity index (χ3v) is 4.83. The minimum absolute atomic E-state index is 0.0783. The minimum atomic E-state index is -1.11. The fourth-order valence-electron chi connectivity index (χ4n) is 3.15. The van der Waals surface area contributed by atoms with E-state index in [1.54, 1.807) is 18.3 Å². The topological polar surface area (TPSA) is 80.7 Å². The number of benzene rings is 1. The van der Waals surface area contributed by atoms with Crippen LogP contribution in [0, 0.1) is 5.82 Å². The van der Waals surface area contributed by atoms with Crippen molar-refractivity contribution < 1.29 is 14.3 Å². The maximum atomic E-state index is 13.7. The summed E-state index contributed by atoms with van der Waals surface area (Å²) in [6, 6.07) is 9.33. The molecule has 1 fully saturated rings. The van der Waals surface area contributed by atoms with Gasteiger partial charge in [0, 0.05) is 56.6 Å². The number of carbonyl (C=O) groups excluding carboxylic acids is 1. The van der Waals surface area contributed by atoms with Gasteiger partial charge in [0.25, 0.3) is 0 Å². The van der Waals surface area contributed by atoms with Crippen LogP contribution in [0.5, 0.6) is 0 Å². The van der Waals surface area contributed by atoms with Crippen molar-refractivity contribution in [2.75, 3.05) is 44.7 Å². The number of piperazine rings is 1. The van der Waals surface area contributed by atoms with Gasteiger partial charge < -0.3 is 25.5 Å². The van der Waals surface area contributed by atoms with Crippen molar-refractivity contribution in [2.24, 2.45) is 0 Å². The second-order valence-electron chi connectivity index (χ2n) is 6.88. The van der Waals surface area contributed by atoms with Crippen molar-refractivity contribution in [2.45, 2.75) is 12.6 Å². The Kier molecular flexibility index (Phi) is 6.78. The molecular weight excluding hydrogens is 361 g/mol. The van der Waals surface area contributed by atoms with Crippen LogP contribution in [0.2, 0.25) is 0 Å². The van der Waals surface area contributed by atoms with Gasteiger partial charge in [0.2, 0.25) is 0 Å². The van der Waals surface area contributed by atoms with E-state index in [1.807, 2.05) is 12.1 Å². The maximum absolute atomic E-state index is 13.7. The Bertz CT molecular complexity index is 796. The number of rotatable bonds is 6. The van der Waals surface area contributed by atoms with Crippen molar-refractivity contribution >= 4 is 11.8 Å². The molecule has 1 aromatic carbocycles. The first-order chi connectivity index (χ1) is 13.5. The highest BCUT2D eigenvalue weighted by atomic mass is 19.1. The molecule has 1 aliphatic heterocycles. The Morgan fingerprint density at radius 1 is 1.18 bits per heavy atom. The van der Waals surface area contributed by atoms with E-state index >= 15 is 0 Å². The Balaban J connectivity index is 1.52. The second kappa shape index (κ2) is 9.48. The molecule has 8 heteroatoms. The van der Waals surface area contributed by atoms with Crippen LogP contribution in [0.3, 0.4) is 0 Å². The average Bonchev–Trinajstić information content (AvgIpc) is 2.71. The predicted molar refractivity (Wildman–Crippen MR) is 106 cm³/mol. The van der Waals surface area contributed by atoms with Gasteiger partial charge in [-0.25, -0.2) is 14.2 Å². The number of hydrogen-bond acceptors (Lipinski definition) is 5. The molecule has 2 aromatic rings. The van der Waals surface area contributed by atoms with Gasteiger partial charge in [-0.3, -0.25) is 0 Å². The maximum Gasteiger partial charge on any atom is 0.315 e. The molecule has 2 heterocycles. The normalized spacial score (nSPS) is 15.9. The van der Waals surface area contributed by atoms with Crippen LogP contribution in [0.4, 0.5) is 15.0 Å². The lowest BCUT2D eigenvalue weighted by atomic mass is 10.1. The number of hydrogen-bond donors (Lipinski definition) is 3. The number of pyridine rings is 1. The number of urea groups is 1. The molecule has 7 nitrogen and oxygen atoms in total. The summed E-state index contributed by atoms with van der Waals surface area (Å²) in [6.45, 7) is 3.96. The van der Waals surface area contributed by atoms with E-state index in [9.17, 15) is 14.3 Å². The van der Waals surface area contributed by atoms with Gasteiger partial charge in [-0.1, -0.05) is 24.3 Å². The van der Waals surface area contributed by atoms with E-state index in [-0.39, 0.29) is 12.1 Å². The van der Waals surface area contributed by atoms with Gasteiger partial charge in [0.1, 0.15) is 11.6 Å². The van der Waals surface area contributed by atoms with E-state index < -0.39 is 18.0 Å². The molecular formula is C20H26FN5O2. The van der Waals surface area contributed by atoms with Crippen LogP contribution >= 0.6 is 0 Å². The number of aliphatic hydroxyl groups is 1. The van der Waals surface area contributed by atoms with Crippen molar-refractivity contribution in [1.82, 2.24) is 20.5 Å². The molecule has 1 atom stereocenters. The first kappa shape index (κ1) is 20.0. The molecule has 0 spiro atoms. The molecule has 0 aliphatic carbocycles. The average molecular weight is 387 g/mol. The molecule has 2 amide bonds. The summed E-state index contributed by atoms with van der Waals surface area (Å²) in [5, 5.41) is 15.4. The minimum Gasteiger partial charge on any atom is -0.386 e. The van der Waals surface area contributed by atoms with Crippen molar-refractivity contribution in [3.8, 4) is 0 Å². The molecule has 0 bridgehead atoms. The molecule has 0 radical (unpaired) electrons. The third kappa shape index (κ3) is 5.17. The van der Waals surface area contributed by atoms with Crippen molar-refractivity contribution in [3.63, 3.8) is 0 Å². The molecule has 3 N–H and O–H groups in total. The fraction of sp³-hybridized carbons (Fsp3) is 0.400. The molecule has 0 saturated carbocycles. The predicted octanol–water partition coefficient (Wildman–Crippen LogP) is 1.51. The van der Waals surface area contributed by atoms with Gasteiger partial charge in [0.15, 0.2) is 0 Å². The van der Waals surface area contributed by atoms with Crippen LogP contribution in [0.15, 0.2) is 42.6 Å². The summed E-state index contributed by atoms with van der Waals surface area (Å²) in [6.07, 6.45) is 0.647. The van der Waals surface area contributed by atoms with E-state index in [0.717, 1.165) is 37.6 Å². The largest absolute Gasteiger partial charge is 0.386 e. The van der Waals surface area contributed by atoms with E-state index in [0.29, 0.717) is 6.54 Å². The van der Waals surface area contributed by atoms with Crippen LogP contribution in [0.1, 0.15) is 17.2 Å². The highest BCUT2D eigenvalue weighted by Crippen LogP contribution is 2.19. The lowest BCUT2D eigenvalue weighted by molar-refractivity contribution is 0.169. The van der Waals surface area contributed by atoms with E-state index in [1.165, 1.54) is 12.1 Å². The number of aliphatic hydroxyl groups excluding tert-OH is 1. The first-order valence-corrected chi connectivity index (χ1v) is 9.36. The summed E-state index contributed by atoms with van der Waals surface area (Å²) >= 11 is 0. The Morgan fingerprint density at radius 3 is 2.68 bits per heavy atom. The summed E-state index contributed by atoms with van der Waals surface area (Å²) in [5.41, 5.74) is 1.09. The van der Waals surface area contributed by atoms with E-state index in [4.69, 9.17) is 0 Å². The highest BCUT2D eigenvalue weighted by molar-refractivity contribution is 5.74. The monoisotopic (exact) mass is 387 g/mol. The van der Waals surface area contributed by atoms with Gasteiger partial charge in [-0.15, -0.1) is 0 Å². The third-order valence-electron chi connectivity index (χ3n) is 4.83. The number of likely N-dealkylation sites (N-methyl/N-ethyl adjacent to an activating group) is 1. The summed E-state index contributed by atoms with van der Waals surface area (Å²) < 4.78 is 13.7. The fourth-order valence-corrected chi connectivity index (χ4v) is 3.15. The Morgan fingerprint density at radius 2 is 1.93 bits per heavy atom. The molecule has 150 valence electrons. The molecule has 1 aromatic heterocycles. The quantitative estimate of drug-likeness (QED) is 0.700. The zero-order chi connectivity index (χ0) is 19.9. The van der Waals surface area contributed by atoms with Gasteiger partial charge >= 0.3 is 6.03 Å². The Hall–Kier alpha value is -2.71. The number of aromatic nitrogens is 1. The zero-order valence-electron chi connectivity index (χ0n) is 15.9. The summed E-state index contributed by atoms with van der Waals surface area (Å²) in [5.74, 6) is 0.381. The number of nitrogens with one attached hydrogen (secondary N) is 2. The number of amides is 2. The lowest BCUT2D eigenvalue weighted by Gasteiger charge is -2.34. The van der Waals surface area contributed by atoms with Crippen LogP contribution < -0.4 is 15.5 Å². The van der Waals surface area contributed by atoms with Gasteiger partial charge in [0.05, 0.1) is 6.10 Å². The van der Waals surface area contributed by atoms with E-state index in [2.05, 4.69) is 32.5 Å². The summed E-state index contributed by atoms with van der Waals surface area (Å²) in [4.78, 5) is 21.1. The van der Waals surface area contributed by atoms with Crippen molar-refractivity contribution in [3.05, 3.63) is 59.5 Å². The smallest absolute Gasteiger partial charge is 0.315 e.